The van der Waals surface area contributed by atoms with Crippen molar-refractivity contribution in [1.82, 2.24) is 14.9 Å². The highest BCUT2D eigenvalue weighted by Crippen LogP contribution is 2.19. The Morgan fingerprint density at radius 2 is 1.74 bits per heavy atom. The van der Waals surface area contributed by atoms with Crippen molar-refractivity contribution in [3.8, 4) is 17.3 Å². The van der Waals surface area contributed by atoms with Crippen molar-refractivity contribution >= 4 is 12.2 Å². The summed E-state index contributed by atoms with van der Waals surface area (Å²) in [7, 11) is 0. The van der Waals surface area contributed by atoms with Crippen LogP contribution in [0.2, 0.25) is 0 Å². The molecule has 0 aliphatic carbocycles. The number of rotatable bonds is 12. The van der Waals surface area contributed by atoms with Gasteiger partial charge in [0.25, 0.3) is 5.56 Å². The quantitative estimate of drug-likeness (QED) is 0.290. The van der Waals surface area contributed by atoms with Gasteiger partial charge in [-0.1, -0.05) is 81.3 Å². The molecule has 176 valence electrons. The van der Waals surface area contributed by atoms with Crippen LogP contribution < -0.4 is 11.0 Å². The predicted octanol–water partition coefficient (Wildman–Crippen LogP) is 5.16. The first-order valence-corrected chi connectivity index (χ1v) is 11.8. The molecule has 0 spiro atoms. The van der Waals surface area contributed by atoms with Crippen molar-refractivity contribution < 1.29 is 0 Å². The van der Waals surface area contributed by atoms with Crippen LogP contribution in [0.3, 0.4) is 0 Å². The summed E-state index contributed by atoms with van der Waals surface area (Å²) in [5.74, 6) is 0.184. The van der Waals surface area contributed by atoms with Gasteiger partial charge < -0.3 is 0 Å². The van der Waals surface area contributed by atoms with Gasteiger partial charge >= 0.3 is 0 Å². The SMILES string of the molecule is CCCCN(CCCC)Cc1ccccc1C=NNc1nc(-c2ccccc2)c(C#N)c(=O)[nH]1. The molecule has 34 heavy (non-hydrogen) atoms. The smallest absolute Gasteiger partial charge is 0.270 e. The number of nitrogens with one attached hydrogen (secondary N) is 2. The zero-order valence-corrected chi connectivity index (χ0v) is 19.9. The number of aromatic nitrogens is 2. The fourth-order valence-corrected chi connectivity index (χ4v) is 3.68. The molecule has 0 bridgehead atoms. The molecule has 1 heterocycles. The van der Waals surface area contributed by atoms with E-state index in [0.29, 0.717) is 11.3 Å². The van der Waals surface area contributed by atoms with E-state index in [4.69, 9.17) is 0 Å². The van der Waals surface area contributed by atoms with E-state index in [1.165, 1.54) is 31.2 Å². The maximum Gasteiger partial charge on any atom is 0.270 e. The minimum atomic E-state index is -0.503. The van der Waals surface area contributed by atoms with Gasteiger partial charge in [0.15, 0.2) is 0 Å². The van der Waals surface area contributed by atoms with Crippen LogP contribution in [0.4, 0.5) is 5.95 Å². The van der Waals surface area contributed by atoms with Crippen molar-refractivity contribution in [2.24, 2.45) is 5.10 Å². The molecule has 7 heteroatoms. The largest absolute Gasteiger partial charge is 0.299 e. The average molecular weight is 457 g/mol. The number of unbranched alkanes of at least 4 members (excludes halogenated alkanes) is 2. The van der Waals surface area contributed by atoms with Gasteiger partial charge in [0.05, 0.1) is 11.9 Å². The van der Waals surface area contributed by atoms with E-state index < -0.39 is 5.56 Å². The van der Waals surface area contributed by atoms with E-state index in [1.807, 2.05) is 54.6 Å². The highest BCUT2D eigenvalue weighted by molar-refractivity contribution is 5.82. The molecular weight excluding hydrogens is 424 g/mol. The molecule has 0 aliphatic heterocycles. The summed E-state index contributed by atoms with van der Waals surface area (Å²) in [5, 5.41) is 13.7. The van der Waals surface area contributed by atoms with Crippen LogP contribution in [0, 0.1) is 11.3 Å². The van der Waals surface area contributed by atoms with E-state index in [-0.39, 0.29) is 11.5 Å². The fraction of sp³-hybridized carbons (Fsp3) is 0.333. The number of nitriles is 1. The molecule has 0 saturated heterocycles. The van der Waals surface area contributed by atoms with Crippen LogP contribution in [0.5, 0.6) is 0 Å². The molecule has 0 aliphatic rings. The van der Waals surface area contributed by atoms with Crippen LogP contribution in [-0.2, 0) is 6.54 Å². The van der Waals surface area contributed by atoms with Crippen molar-refractivity contribution in [2.75, 3.05) is 18.5 Å². The molecule has 0 unspecified atom stereocenters. The molecule has 3 rings (SSSR count). The lowest BCUT2D eigenvalue weighted by Gasteiger charge is -2.23. The third kappa shape index (κ3) is 6.87. The molecule has 2 aromatic carbocycles. The number of hydrogen-bond donors (Lipinski definition) is 2. The highest BCUT2D eigenvalue weighted by Gasteiger charge is 2.13. The Labute approximate surface area is 201 Å². The van der Waals surface area contributed by atoms with Crippen LogP contribution in [0.15, 0.2) is 64.5 Å². The number of benzene rings is 2. The topological polar surface area (TPSA) is 97.2 Å². The molecule has 0 fully saturated rings. The third-order valence-corrected chi connectivity index (χ3v) is 5.56. The Morgan fingerprint density at radius 3 is 2.41 bits per heavy atom. The molecule has 0 amide bonds. The van der Waals surface area contributed by atoms with E-state index in [9.17, 15) is 10.1 Å². The molecule has 7 nitrogen and oxygen atoms in total. The Kier molecular flexibility index (Phi) is 9.56. The lowest BCUT2D eigenvalue weighted by molar-refractivity contribution is 0.257. The van der Waals surface area contributed by atoms with Gasteiger partial charge in [0, 0.05) is 12.1 Å². The first-order chi connectivity index (χ1) is 16.7. The monoisotopic (exact) mass is 456 g/mol. The molecule has 2 N–H and O–H groups in total. The maximum absolute atomic E-state index is 12.4. The number of nitrogens with zero attached hydrogens (tertiary/aromatic N) is 4. The van der Waals surface area contributed by atoms with Gasteiger partial charge in [0.2, 0.25) is 5.95 Å². The minimum Gasteiger partial charge on any atom is -0.299 e. The molecule has 0 saturated carbocycles. The van der Waals surface area contributed by atoms with Crippen molar-refractivity contribution in [3.63, 3.8) is 0 Å². The van der Waals surface area contributed by atoms with Gasteiger partial charge in [0.1, 0.15) is 11.6 Å². The zero-order chi connectivity index (χ0) is 24.2. The van der Waals surface area contributed by atoms with Crippen molar-refractivity contribution in [2.45, 2.75) is 46.1 Å². The van der Waals surface area contributed by atoms with Crippen LogP contribution in [-0.4, -0.2) is 34.2 Å². The van der Waals surface area contributed by atoms with E-state index >= 15 is 0 Å². The number of aromatic amines is 1. The van der Waals surface area contributed by atoms with E-state index in [0.717, 1.165) is 25.2 Å². The molecular formula is C27H32N6O. The standard InChI is InChI=1S/C27H32N6O/c1-3-5-16-33(17-6-4-2)20-23-15-11-10-14-22(23)19-29-32-27-30-25(21-12-8-7-9-13-21)24(18-28)26(34)31-27/h7-15,19H,3-6,16-17,20H2,1-2H3,(H2,30,31,32,34). The van der Waals surface area contributed by atoms with Gasteiger partial charge in [-0.15, -0.1) is 0 Å². The van der Waals surface area contributed by atoms with Crippen LogP contribution in [0.25, 0.3) is 11.3 Å². The number of H-pyrrole nitrogens is 1. The summed E-state index contributed by atoms with van der Waals surface area (Å²) in [6.07, 6.45) is 6.46. The average Bonchev–Trinajstić information content (AvgIpc) is 2.86. The van der Waals surface area contributed by atoms with E-state index in [1.54, 1.807) is 6.21 Å². The van der Waals surface area contributed by atoms with Gasteiger partial charge in [-0.05, 0) is 37.1 Å². The van der Waals surface area contributed by atoms with Crippen molar-refractivity contribution in [3.05, 3.63) is 81.6 Å². The Morgan fingerprint density at radius 1 is 1.06 bits per heavy atom. The number of hydrazone groups is 1. The summed E-state index contributed by atoms with van der Waals surface area (Å²) in [6.45, 7) is 7.47. The van der Waals surface area contributed by atoms with Crippen LogP contribution in [0.1, 0.15) is 56.2 Å². The molecule has 0 atom stereocenters. The fourth-order valence-electron chi connectivity index (χ4n) is 3.68. The Bertz CT molecular complexity index is 1170. The third-order valence-electron chi connectivity index (χ3n) is 5.56. The van der Waals surface area contributed by atoms with E-state index in [2.05, 4.69) is 45.3 Å². The summed E-state index contributed by atoms with van der Waals surface area (Å²) in [6, 6.07) is 19.3. The highest BCUT2D eigenvalue weighted by atomic mass is 16.1. The van der Waals surface area contributed by atoms with Crippen molar-refractivity contribution in [1.29, 1.82) is 5.26 Å². The lowest BCUT2D eigenvalue weighted by atomic mass is 10.1. The molecule has 1 aromatic heterocycles. The van der Waals surface area contributed by atoms with Crippen LogP contribution >= 0.6 is 0 Å². The number of anilines is 1. The Balaban J connectivity index is 1.79. The zero-order valence-electron chi connectivity index (χ0n) is 19.9. The Hall–Kier alpha value is -3.76. The summed E-state index contributed by atoms with van der Waals surface area (Å²) < 4.78 is 0. The lowest BCUT2D eigenvalue weighted by Crippen LogP contribution is -2.26. The second-order valence-electron chi connectivity index (χ2n) is 8.17. The summed E-state index contributed by atoms with van der Waals surface area (Å²) in [4.78, 5) is 22.0. The predicted molar refractivity (Wildman–Crippen MR) is 138 cm³/mol. The van der Waals surface area contributed by atoms with Gasteiger partial charge in [-0.2, -0.15) is 10.4 Å². The summed E-state index contributed by atoms with van der Waals surface area (Å²) in [5.41, 5.74) is 5.53. The normalized spacial score (nSPS) is 11.1. The first kappa shape index (κ1) is 24.9. The maximum atomic E-state index is 12.4. The van der Waals surface area contributed by atoms with Gasteiger partial charge in [-0.3, -0.25) is 14.7 Å². The molecule has 3 aromatic rings. The van der Waals surface area contributed by atoms with Gasteiger partial charge in [-0.25, -0.2) is 10.4 Å². The second kappa shape index (κ2) is 13.1. The summed E-state index contributed by atoms with van der Waals surface area (Å²) >= 11 is 0. The second-order valence-corrected chi connectivity index (χ2v) is 8.17. The molecule has 0 radical (unpaired) electrons. The minimum absolute atomic E-state index is 0.0228. The number of hydrogen-bond acceptors (Lipinski definition) is 6. The first-order valence-electron chi connectivity index (χ1n) is 11.8.